The van der Waals surface area contributed by atoms with Crippen molar-refractivity contribution in [1.82, 2.24) is 19.7 Å². The van der Waals surface area contributed by atoms with Crippen LogP contribution in [0.15, 0.2) is 97.2 Å². The Bertz CT molecular complexity index is 1850. The second kappa shape index (κ2) is 19.2. The van der Waals surface area contributed by atoms with Gasteiger partial charge in [-0.1, -0.05) is 91.9 Å². The summed E-state index contributed by atoms with van der Waals surface area (Å²) >= 11 is 5.83. The predicted molar refractivity (Wildman–Crippen MR) is 197 cm³/mol. The maximum atomic E-state index is 12.1. The highest BCUT2D eigenvalue weighted by Gasteiger charge is 2.15. The lowest BCUT2D eigenvalue weighted by molar-refractivity contribution is 0.0585. The van der Waals surface area contributed by atoms with Gasteiger partial charge < -0.3 is 29.0 Å². The number of hydrogen-bond donors (Lipinski definition) is 1. The highest BCUT2D eigenvalue weighted by Crippen LogP contribution is 2.23. The van der Waals surface area contributed by atoms with Crippen molar-refractivity contribution in [1.29, 1.82) is 0 Å². The van der Waals surface area contributed by atoms with Crippen LogP contribution in [0.5, 0.6) is 11.5 Å². The van der Waals surface area contributed by atoms with Gasteiger partial charge in [0.05, 0.1) is 14.2 Å². The number of methoxy groups -OCH3 is 2. The molecule has 14 heteroatoms. The molecule has 0 bridgehead atoms. The van der Waals surface area contributed by atoms with E-state index in [1.165, 1.54) is 20.3 Å². The lowest BCUT2D eigenvalue weighted by Gasteiger charge is -2.15. The molecule has 1 N–H and O–H groups in total. The maximum Gasteiger partial charge on any atom is 0.356 e. The molecule has 0 saturated carbocycles. The molecule has 0 aliphatic rings. The van der Waals surface area contributed by atoms with Crippen LogP contribution in [-0.2, 0) is 34.2 Å². The van der Waals surface area contributed by atoms with E-state index in [0.717, 1.165) is 23.8 Å². The summed E-state index contributed by atoms with van der Waals surface area (Å²) in [5.41, 5.74) is 2.31. The highest BCUT2D eigenvalue weighted by molar-refractivity contribution is 6.76. The number of rotatable bonds is 15. The van der Waals surface area contributed by atoms with Crippen LogP contribution in [0.3, 0.4) is 0 Å². The van der Waals surface area contributed by atoms with E-state index in [0.29, 0.717) is 43.1 Å². The zero-order valence-electron chi connectivity index (χ0n) is 29.3. The van der Waals surface area contributed by atoms with Crippen LogP contribution in [0.2, 0.25) is 30.8 Å². The molecule has 5 aromatic rings. The van der Waals surface area contributed by atoms with Crippen molar-refractivity contribution in [3.63, 3.8) is 0 Å². The zero-order valence-corrected chi connectivity index (χ0v) is 31.1. The summed E-state index contributed by atoms with van der Waals surface area (Å²) in [4.78, 5) is 31.7. The Balaban J connectivity index is 0.000000261. The number of anilines is 2. The van der Waals surface area contributed by atoms with Crippen LogP contribution in [-0.4, -0.2) is 60.6 Å². The number of carbonyl (C=O) groups is 2. The van der Waals surface area contributed by atoms with E-state index in [2.05, 4.69) is 44.8 Å². The first-order valence-electron chi connectivity index (χ1n) is 16.1. The van der Waals surface area contributed by atoms with Gasteiger partial charge in [-0.3, -0.25) is 0 Å². The molecule has 0 amide bonds. The molecule has 0 aliphatic heterocycles. The molecule has 0 spiro atoms. The second-order valence-corrected chi connectivity index (χ2v) is 18.3. The molecule has 0 saturated heterocycles. The molecule has 2 aromatic carbocycles. The molecule has 5 rings (SSSR count). The lowest BCUT2D eigenvalue weighted by atomic mass is 10.2. The van der Waals surface area contributed by atoms with Gasteiger partial charge in [-0.25, -0.2) is 24.2 Å². The SMILES string of the molecule is COC(=O)c1cc(OCc2ccccc2)cc(Cl)n1.COC(=O)c1cc(OCc2ccccc2)cc(Nc2ccn(COCC[Si](C)(C)C)n2)n1. The van der Waals surface area contributed by atoms with E-state index in [9.17, 15) is 9.59 Å². The van der Waals surface area contributed by atoms with Gasteiger partial charge in [0.25, 0.3) is 0 Å². The normalized spacial score (nSPS) is 10.8. The molecule has 0 unspecified atom stereocenters. The zero-order chi connectivity index (χ0) is 36.6. The number of aromatic nitrogens is 4. The molecule has 0 fully saturated rings. The Labute approximate surface area is 303 Å². The van der Waals surface area contributed by atoms with Gasteiger partial charge in [0.15, 0.2) is 17.2 Å². The van der Waals surface area contributed by atoms with E-state index in [4.69, 9.17) is 30.5 Å². The monoisotopic (exact) mass is 731 g/mol. The Morgan fingerprint density at radius 1 is 0.745 bits per heavy atom. The number of benzene rings is 2. The Kier molecular flexibility index (Phi) is 14.5. The predicted octanol–water partition coefficient (Wildman–Crippen LogP) is 7.80. The summed E-state index contributed by atoms with van der Waals surface area (Å²) in [7, 11) is 1.49. The van der Waals surface area contributed by atoms with Gasteiger partial charge in [0.1, 0.15) is 42.4 Å². The van der Waals surface area contributed by atoms with Crippen molar-refractivity contribution in [3.8, 4) is 11.5 Å². The number of nitrogens with one attached hydrogen (secondary N) is 1. The molecule has 3 heterocycles. The van der Waals surface area contributed by atoms with Crippen molar-refractivity contribution in [2.24, 2.45) is 0 Å². The Morgan fingerprint density at radius 2 is 1.29 bits per heavy atom. The van der Waals surface area contributed by atoms with Gasteiger partial charge in [-0.15, -0.1) is 0 Å². The first kappa shape index (κ1) is 38.6. The minimum absolute atomic E-state index is 0.123. The quantitative estimate of drug-likeness (QED) is 0.0489. The average molecular weight is 732 g/mol. The number of halogens is 1. The number of pyridine rings is 2. The number of hydrogen-bond acceptors (Lipinski definition) is 11. The molecule has 0 atom stereocenters. The van der Waals surface area contributed by atoms with E-state index in [1.54, 1.807) is 22.9 Å². The molecule has 0 aliphatic carbocycles. The van der Waals surface area contributed by atoms with E-state index in [1.807, 2.05) is 72.9 Å². The van der Waals surface area contributed by atoms with Crippen LogP contribution in [0.4, 0.5) is 11.6 Å². The molecule has 12 nitrogen and oxygen atoms in total. The number of nitrogens with zero attached hydrogens (tertiary/aromatic N) is 4. The maximum absolute atomic E-state index is 12.1. The summed E-state index contributed by atoms with van der Waals surface area (Å²) in [5, 5.41) is 7.76. The van der Waals surface area contributed by atoms with Gasteiger partial charge >= 0.3 is 11.9 Å². The van der Waals surface area contributed by atoms with Crippen molar-refractivity contribution < 1.29 is 33.3 Å². The van der Waals surface area contributed by atoms with Crippen molar-refractivity contribution in [3.05, 3.63) is 125 Å². The van der Waals surface area contributed by atoms with E-state index < -0.39 is 20.0 Å². The van der Waals surface area contributed by atoms with Crippen LogP contribution < -0.4 is 14.8 Å². The molecule has 268 valence electrons. The number of ether oxygens (including phenoxy) is 5. The first-order chi connectivity index (χ1) is 24.5. The fourth-order valence-corrected chi connectivity index (χ4v) is 5.23. The van der Waals surface area contributed by atoms with Crippen LogP contribution in [0.1, 0.15) is 32.1 Å². The summed E-state index contributed by atoms with van der Waals surface area (Å²) in [6.45, 7) is 8.82. The smallest absolute Gasteiger partial charge is 0.356 e. The fraction of sp³-hybridized carbons (Fsp3) is 0.270. The molecular formula is C37H42ClN5O7Si. The lowest BCUT2D eigenvalue weighted by Crippen LogP contribution is -2.22. The summed E-state index contributed by atoms with van der Waals surface area (Å²) in [6, 6.07) is 28.7. The van der Waals surface area contributed by atoms with Crippen LogP contribution in [0.25, 0.3) is 0 Å². The summed E-state index contributed by atoms with van der Waals surface area (Å²) in [5.74, 6) is 0.903. The summed E-state index contributed by atoms with van der Waals surface area (Å²) < 4.78 is 28.3. The minimum Gasteiger partial charge on any atom is -0.489 e. The topological polar surface area (TPSA) is 136 Å². The Hall–Kier alpha value is -5.24. The number of carbonyl (C=O) groups excluding carboxylic acids is 2. The van der Waals surface area contributed by atoms with Gasteiger partial charge in [-0.2, -0.15) is 5.10 Å². The Morgan fingerprint density at radius 3 is 1.84 bits per heavy atom. The first-order valence-corrected chi connectivity index (χ1v) is 20.2. The second-order valence-electron chi connectivity index (χ2n) is 12.3. The molecule has 3 aromatic heterocycles. The fourth-order valence-electron chi connectivity index (χ4n) is 4.28. The van der Waals surface area contributed by atoms with E-state index >= 15 is 0 Å². The third-order valence-corrected chi connectivity index (χ3v) is 8.87. The number of esters is 2. The third kappa shape index (κ3) is 13.5. The molecular weight excluding hydrogens is 690 g/mol. The van der Waals surface area contributed by atoms with Crippen molar-refractivity contribution in [2.45, 2.75) is 45.6 Å². The van der Waals surface area contributed by atoms with Gasteiger partial charge in [0.2, 0.25) is 0 Å². The third-order valence-electron chi connectivity index (χ3n) is 6.97. The van der Waals surface area contributed by atoms with Gasteiger partial charge in [0, 0.05) is 51.2 Å². The minimum atomic E-state index is -1.12. The van der Waals surface area contributed by atoms with Crippen LogP contribution in [0, 0.1) is 0 Å². The van der Waals surface area contributed by atoms with Crippen molar-refractivity contribution >= 4 is 43.2 Å². The summed E-state index contributed by atoms with van der Waals surface area (Å²) in [6.07, 6.45) is 1.83. The van der Waals surface area contributed by atoms with Crippen LogP contribution >= 0.6 is 11.6 Å². The largest absolute Gasteiger partial charge is 0.489 e. The average Bonchev–Trinajstić information content (AvgIpc) is 3.58. The standard InChI is InChI=1S/C23H30N4O4Si.C14H12ClNO3/c1-29-23(28)20-14-19(31-16-18-8-6-5-7-9-18)15-22(24-20)25-21-10-11-27(26-21)17-30-12-13-32(2,3)4;1-18-14(17)12-7-11(8-13(15)16-12)19-9-10-5-3-2-4-6-10/h5-11,14-15H,12-13,16-17H2,1-4H3,(H,24,25,26);2-8H,9H2,1H3. The highest BCUT2D eigenvalue weighted by atomic mass is 35.5. The van der Waals surface area contributed by atoms with Gasteiger partial charge in [-0.05, 0) is 17.2 Å². The van der Waals surface area contributed by atoms with Crippen molar-refractivity contribution in [2.75, 3.05) is 26.1 Å². The van der Waals surface area contributed by atoms with E-state index in [-0.39, 0.29) is 16.5 Å². The molecule has 0 radical (unpaired) electrons. The molecule has 51 heavy (non-hydrogen) atoms.